The predicted octanol–water partition coefficient (Wildman–Crippen LogP) is 4.53. The summed E-state index contributed by atoms with van der Waals surface area (Å²) in [5, 5.41) is 0.522. The minimum atomic E-state index is 0.296. The maximum atomic E-state index is 6.16. The van der Waals surface area contributed by atoms with Gasteiger partial charge in [-0.05, 0) is 29.5 Å². The topological polar surface area (TPSA) is 25.8 Å². The number of halogens is 1. The molecule has 2 aromatic rings. The molecule has 90 valence electrons. The van der Waals surface area contributed by atoms with E-state index in [0.717, 1.165) is 16.7 Å². The summed E-state index contributed by atoms with van der Waals surface area (Å²) < 4.78 is 0. The van der Waals surface area contributed by atoms with E-state index in [9.17, 15) is 0 Å². The average Bonchev–Trinajstić information content (AvgIpc) is 2.26. The molecule has 2 rings (SSSR count). The first-order valence-electron chi connectivity index (χ1n) is 5.96. The first kappa shape index (κ1) is 12.3. The molecule has 2 nitrogen and oxygen atoms in total. The van der Waals surface area contributed by atoms with Crippen molar-refractivity contribution in [2.75, 3.05) is 0 Å². The standard InChI is InChI=1S/C14H17ClN2/c1-8(2)10-5-6-11-12(7-10)17-14(15)13(16-11)9(3)4/h5-9H,1-4H3. The highest BCUT2D eigenvalue weighted by molar-refractivity contribution is 6.30. The Kier molecular flexibility index (Phi) is 3.34. The first-order chi connectivity index (χ1) is 7.99. The molecule has 0 saturated carbocycles. The molecule has 0 bridgehead atoms. The second kappa shape index (κ2) is 4.61. The Morgan fingerprint density at radius 2 is 1.65 bits per heavy atom. The van der Waals surface area contributed by atoms with Gasteiger partial charge in [-0.1, -0.05) is 45.4 Å². The summed E-state index contributed by atoms with van der Waals surface area (Å²) in [6.45, 7) is 8.48. The number of nitrogens with zero attached hydrogens (tertiary/aromatic N) is 2. The van der Waals surface area contributed by atoms with E-state index in [1.807, 2.05) is 6.07 Å². The molecule has 0 saturated heterocycles. The fraction of sp³-hybridized carbons (Fsp3) is 0.429. The zero-order valence-corrected chi connectivity index (χ0v) is 11.4. The normalized spacial score (nSPS) is 11.7. The molecule has 0 unspecified atom stereocenters. The highest BCUT2D eigenvalue weighted by Crippen LogP contribution is 2.25. The molecule has 0 radical (unpaired) electrons. The Balaban J connectivity index is 2.62. The SMILES string of the molecule is CC(C)c1ccc2nc(C(C)C)c(Cl)nc2c1. The van der Waals surface area contributed by atoms with Crippen molar-refractivity contribution in [3.05, 3.63) is 34.6 Å². The van der Waals surface area contributed by atoms with E-state index in [1.165, 1.54) is 5.56 Å². The molecule has 0 spiro atoms. The van der Waals surface area contributed by atoms with Crippen LogP contribution in [0.1, 0.15) is 50.8 Å². The summed E-state index contributed by atoms with van der Waals surface area (Å²) >= 11 is 6.16. The van der Waals surface area contributed by atoms with Crippen LogP contribution in [0.15, 0.2) is 18.2 Å². The Bertz CT molecular complexity index is 547. The van der Waals surface area contributed by atoms with Crippen LogP contribution in [-0.2, 0) is 0 Å². The van der Waals surface area contributed by atoms with Gasteiger partial charge in [-0.15, -0.1) is 0 Å². The lowest BCUT2D eigenvalue weighted by atomic mass is 10.0. The second-order valence-electron chi connectivity index (χ2n) is 4.96. The minimum Gasteiger partial charge on any atom is -0.248 e. The van der Waals surface area contributed by atoms with Crippen molar-refractivity contribution in [1.82, 2.24) is 9.97 Å². The van der Waals surface area contributed by atoms with E-state index < -0.39 is 0 Å². The van der Waals surface area contributed by atoms with Crippen molar-refractivity contribution in [2.24, 2.45) is 0 Å². The Hall–Kier alpha value is -1.15. The van der Waals surface area contributed by atoms with Gasteiger partial charge in [0.25, 0.3) is 0 Å². The lowest BCUT2D eigenvalue weighted by Crippen LogP contribution is -1.98. The Morgan fingerprint density at radius 1 is 0.941 bits per heavy atom. The molecule has 0 N–H and O–H groups in total. The predicted molar refractivity (Wildman–Crippen MR) is 72.7 cm³/mol. The smallest absolute Gasteiger partial charge is 0.151 e. The van der Waals surface area contributed by atoms with Crippen LogP contribution in [-0.4, -0.2) is 9.97 Å². The third-order valence-corrected chi connectivity index (χ3v) is 3.16. The van der Waals surface area contributed by atoms with Crippen LogP contribution in [0, 0.1) is 0 Å². The molecule has 1 aromatic heterocycles. The molecule has 17 heavy (non-hydrogen) atoms. The number of rotatable bonds is 2. The zero-order chi connectivity index (χ0) is 12.6. The van der Waals surface area contributed by atoms with Crippen LogP contribution >= 0.6 is 11.6 Å². The van der Waals surface area contributed by atoms with Crippen molar-refractivity contribution in [3.63, 3.8) is 0 Å². The summed E-state index contributed by atoms with van der Waals surface area (Å²) in [6, 6.07) is 6.21. The number of hydrogen-bond acceptors (Lipinski definition) is 2. The van der Waals surface area contributed by atoms with Crippen molar-refractivity contribution < 1.29 is 0 Å². The molecule has 3 heteroatoms. The molecule has 1 heterocycles. The molecule has 0 amide bonds. The van der Waals surface area contributed by atoms with Crippen LogP contribution in [0.5, 0.6) is 0 Å². The maximum Gasteiger partial charge on any atom is 0.151 e. The van der Waals surface area contributed by atoms with Crippen molar-refractivity contribution in [1.29, 1.82) is 0 Å². The highest BCUT2D eigenvalue weighted by Gasteiger charge is 2.11. The number of fused-ring (bicyclic) bond motifs is 1. The summed E-state index contributed by atoms with van der Waals surface area (Å²) in [6.07, 6.45) is 0. The van der Waals surface area contributed by atoms with Gasteiger partial charge in [-0.2, -0.15) is 0 Å². The second-order valence-corrected chi connectivity index (χ2v) is 5.32. The number of hydrogen-bond donors (Lipinski definition) is 0. The van der Waals surface area contributed by atoms with Gasteiger partial charge in [0.15, 0.2) is 5.15 Å². The molecule has 1 aromatic carbocycles. The lowest BCUT2D eigenvalue weighted by Gasteiger charge is -2.10. The molecule has 0 atom stereocenters. The van der Waals surface area contributed by atoms with E-state index >= 15 is 0 Å². The van der Waals surface area contributed by atoms with Crippen LogP contribution in [0.25, 0.3) is 11.0 Å². The molecule has 0 fully saturated rings. The molecule has 0 aliphatic heterocycles. The molecule has 0 aliphatic rings. The number of aromatic nitrogens is 2. The van der Waals surface area contributed by atoms with Crippen LogP contribution < -0.4 is 0 Å². The van der Waals surface area contributed by atoms with Gasteiger partial charge in [0.2, 0.25) is 0 Å². The van der Waals surface area contributed by atoms with Gasteiger partial charge in [0.1, 0.15) is 0 Å². The quantitative estimate of drug-likeness (QED) is 0.780. The average molecular weight is 249 g/mol. The van der Waals surface area contributed by atoms with Crippen LogP contribution in [0.2, 0.25) is 5.15 Å². The van der Waals surface area contributed by atoms with E-state index in [2.05, 4.69) is 49.8 Å². The van der Waals surface area contributed by atoms with Crippen molar-refractivity contribution in [2.45, 2.75) is 39.5 Å². The molecular weight excluding hydrogens is 232 g/mol. The lowest BCUT2D eigenvalue weighted by molar-refractivity contribution is 0.821. The maximum absolute atomic E-state index is 6.16. The van der Waals surface area contributed by atoms with Crippen molar-refractivity contribution >= 4 is 22.6 Å². The fourth-order valence-corrected chi connectivity index (χ4v) is 2.14. The van der Waals surface area contributed by atoms with Crippen LogP contribution in [0.3, 0.4) is 0 Å². The third kappa shape index (κ3) is 2.42. The van der Waals surface area contributed by atoms with E-state index in [-0.39, 0.29) is 0 Å². The first-order valence-corrected chi connectivity index (χ1v) is 6.34. The fourth-order valence-electron chi connectivity index (χ4n) is 1.79. The van der Waals surface area contributed by atoms with Gasteiger partial charge in [-0.25, -0.2) is 9.97 Å². The van der Waals surface area contributed by atoms with Gasteiger partial charge in [0, 0.05) is 0 Å². The van der Waals surface area contributed by atoms with Crippen molar-refractivity contribution in [3.8, 4) is 0 Å². The molecular formula is C14H17ClN2. The third-order valence-electron chi connectivity index (χ3n) is 2.88. The summed E-state index contributed by atoms with van der Waals surface area (Å²) in [4.78, 5) is 9.02. The van der Waals surface area contributed by atoms with Gasteiger partial charge in [-0.3, -0.25) is 0 Å². The van der Waals surface area contributed by atoms with Crippen LogP contribution in [0.4, 0.5) is 0 Å². The van der Waals surface area contributed by atoms with E-state index in [0.29, 0.717) is 17.0 Å². The van der Waals surface area contributed by atoms with Gasteiger partial charge in [0.05, 0.1) is 16.7 Å². The van der Waals surface area contributed by atoms with E-state index in [4.69, 9.17) is 11.6 Å². The summed E-state index contributed by atoms with van der Waals surface area (Å²) in [7, 11) is 0. The Labute approximate surface area is 107 Å². The van der Waals surface area contributed by atoms with Gasteiger partial charge >= 0.3 is 0 Å². The zero-order valence-electron chi connectivity index (χ0n) is 10.7. The van der Waals surface area contributed by atoms with Gasteiger partial charge < -0.3 is 0 Å². The largest absolute Gasteiger partial charge is 0.248 e. The monoisotopic (exact) mass is 248 g/mol. The highest BCUT2D eigenvalue weighted by atomic mass is 35.5. The van der Waals surface area contributed by atoms with E-state index in [1.54, 1.807) is 0 Å². The minimum absolute atomic E-state index is 0.296. The summed E-state index contributed by atoms with van der Waals surface area (Å²) in [5.74, 6) is 0.786. The molecule has 0 aliphatic carbocycles. The number of benzene rings is 1. The Morgan fingerprint density at radius 3 is 2.24 bits per heavy atom. The summed E-state index contributed by atoms with van der Waals surface area (Å²) in [5.41, 5.74) is 3.93.